The number of fused-ring (bicyclic) bond motifs is 2. The zero-order valence-electron chi connectivity index (χ0n) is 15.4. The molecule has 2 fully saturated rings. The molecular weight excluding hydrogens is 364 g/mol. The summed E-state index contributed by atoms with van der Waals surface area (Å²) in [5.74, 6) is 0.609. The zero-order valence-corrected chi connectivity index (χ0v) is 16.2. The highest BCUT2D eigenvalue weighted by Gasteiger charge is 2.37. The molecule has 2 bridgehead atoms. The molecule has 2 aromatic carbocycles. The first kappa shape index (κ1) is 19.7. The summed E-state index contributed by atoms with van der Waals surface area (Å²) >= 11 is 0. The number of nitrogens with zero attached hydrogens (tertiary/aromatic N) is 1. The molecule has 1 N–H and O–H groups in total. The minimum Gasteiger partial charge on any atom is -0.489 e. The summed E-state index contributed by atoms with van der Waals surface area (Å²) in [6.07, 6.45) is 1.26. The first-order valence-corrected chi connectivity index (χ1v) is 9.08. The predicted octanol–water partition coefficient (Wildman–Crippen LogP) is 3.02. The normalized spacial score (nSPS) is 20.9. The highest BCUT2D eigenvalue weighted by molar-refractivity contribution is 5.89. The number of piperazine rings is 1. The number of ether oxygens (including phenoxy) is 2. The van der Waals surface area contributed by atoms with Crippen molar-refractivity contribution in [2.24, 2.45) is 0 Å². The molecule has 27 heavy (non-hydrogen) atoms. The number of hydrogen-bond acceptors (Lipinski definition) is 5. The summed E-state index contributed by atoms with van der Waals surface area (Å²) < 4.78 is 10.8. The molecule has 2 saturated heterocycles. The molecule has 0 amide bonds. The lowest BCUT2D eigenvalue weighted by Gasteiger charge is -2.27. The van der Waals surface area contributed by atoms with Gasteiger partial charge in [0.15, 0.2) is 0 Å². The fraction of sp³-hybridized carbons (Fsp3) is 0.381. The van der Waals surface area contributed by atoms with E-state index in [1.807, 2.05) is 24.3 Å². The lowest BCUT2D eigenvalue weighted by Crippen LogP contribution is -2.43. The van der Waals surface area contributed by atoms with Crippen LogP contribution in [0.5, 0.6) is 5.75 Å². The first-order valence-electron chi connectivity index (χ1n) is 9.08. The van der Waals surface area contributed by atoms with Crippen molar-refractivity contribution in [3.63, 3.8) is 0 Å². The topological polar surface area (TPSA) is 50.8 Å². The van der Waals surface area contributed by atoms with Crippen molar-refractivity contribution in [2.75, 3.05) is 20.2 Å². The number of hydrogen-bond donors (Lipinski definition) is 1. The molecule has 2 atom stereocenters. The van der Waals surface area contributed by atoms with Gasteiger partial charge in [0.1, 0.15) is 12.4 Å². The van der Waals surface area contributed by atoms with Gasteiger partial charge in [-0.3, -0.25) is 4.90 Å². The number of rotatable bonds is 6. The quantitative estimate of drug-likeness (QED) is 0.771. The van der Waals surface area contributed by atoms with E-state index in [-0.39, 0.29) is 18.4 Å². The van der Waals surface area contributed by atoms with Crippen molar-refractivity contribution in [1.82, 2.24) is 10.2 Å². The summed E-state index contributed by atoms with van der Waals surface area (Å²) in [5.41, 5.74) is 2.80. The van der Waals surface area contributed by atoms with E-state index in [1.54, 1.807) is 12.1 Å². The monoisotopic (exact) mass is 388 g/mol. The molecule has 4 rings (SSSR count). The van der Waals surface area contributed by atoms with E-state index in [0.717, 1.165) is 30.9 Å². The van der Waals surface area contributed by atoms with Crippen LogP contribution in [0.25, 0.3) is 0 Å². The van der Waals surface area contributed by atoms with Gasteiger partial charge in [-0.05, 0) is 30.2 Å². The molecule has 0 aliphatic carbocycles. The number of nitrogens with one attached hydrogen (secondary N) is 1. The van der Waals surface area contributed by atoms with Crippen LogP contribution in [-0.2, 0) is 17.9 Å². The molecule has 5 nitrogen and oxygen atoms in total. The largest absolute Gasteiger partial charge is 0.489 e. The smallest absolute Gasteiger partial charge is 0.337 e. The Hall–Kier alpha value is -2.08. The molecule has 2 heterocycles. The Morgan fingerprint density at radius 2 is 1.96 bits per heavy atom. The van der Waals surface area contributed by atoms with Crippen LogP contribution in [-0.4, -0.2) is 43.2 Å². The molecule has 2 aliphatic heterocycles. The van der Waals surface area contributed by atoms with Crippen LogP contribution in [0.2, 0.25) is 0 Å². The molecular formula is C21H25ClN2O3. The number of para-hydroxylation sites is 1. The van der Waals surface area contributed by atoms with Gasteiger partial charge in [-0.1, -0.05) is 30.3 Å². The zero-order chi connectivity index (χ0) is 17.9. The second kappa shape index (κ2) is 8.74. The van der Waals surface area contributed by atoms with Crippen molar-refractivity contribution in [2.45, 2.75) is 31.7 Å². The van der Waals surface area contributed by atoms with Gasteiger partial charge in [0.2, 0.25) is 0 Å². The summed E-state index contributed by atoms with van der Waals surface area (Å²) in [6, 6.07) is 16.9. The van der Waals surface area contributed by atoms with Gasteiger partial charge < -0.3 is 14.8 Å². The number of likely N-dealkylation sites (tertiary alicyclic amines) is 1. The molecule has 0 aromatic heterocycles. The van der Waals surface area contributed by atoms with Gasteiger partial charge in [0, 0.05) is 37.3 Å². The number of carbonyl (C=O) groups excluding carboxylic acids is 1. The van der Waals surface area contributed by atoms with Gasteiger partial charge in [0.05, 0.1) is 12.7 Å². The fourth-order valence-electron chi connectivity index (χ4n) is 3.85. The Labute approximate surface area is 166 Å². The third kappa shape index (κ3) is 4.43. The minimum atomic E-state index is -0.322. The van der Waals surface area contributed by atoms with Crippen LogP contribution in [0.1, 0.15) is 27.9 Å². The molecule has 2 aromatic rings. The summed E-state index contributed by atoms with van der Waals surface area (Å²) in [7, 11) is 1.39. The standard InChI is InChI=1S/C21H24N2O3.ClH/c1-25-21(24)16-8-6-15(7-9-16)14-26-20-5-3-2-4-17(20)12-23-13-18-10-19(23)11-22-18;/h2-9,18-19,22H,10-14H2,1H3;1H. The molecule has 0 saturated carbocycles. The minimum absolute atomic E-state index is 0. The van der Waals surface area contributed by atoms with Crippen molar-refractivity contribution < 1.29 is 14.3 Å². The summed E-state index contributed by atoms with van der Waals surface area (Å²) in [5, 5.41) is 3.54. The Balaban J connectivity index is 0.00000210. The Bertz CT molecular complexity index is 781. The van der Waals surface area contributed by atoms with E-state index >= 15 is 0 Å². The molecule has 6 heteroatoms. The van der Waals surface area contributed by atoms with Gasteiger partial charge in [-0.25, -0.2) is 4.79 Å². The van der Waals surface area contributed by atoms with E-state index in [4.69, 9.17) is 9.47 Å². The summed E-state index contributed by atoms with van der Waals surface area (Å²) in [6.45, 7) is 3.63. The van der Waals surface area contributed by atoms with E-state index < -0.39 is 0 Å². The molecule has 144 valence electrons. The molecule has 0 spiro atoms. The molecule has 2 unspecified atom stereocenters. The highest BCUT2D eigenvalue weighted by atomic mass is 35.5. The van der Waals surface area contributed by atoms with Crippen molar-refractivity contribution in [3.05, 3.63) is 65.2 Å². The van der Waals surface area contributed by atoms with E-state index in [9.17, 15) is 4.79 Å². The van der Waals surface area contributed by atoms with Crippen LogP contribution in [0.3, 0.4) is 0 Å². The highest BCUT2D eigenvalue weighted by Crippen LogP contribution is 2.28. The van der Waals surface area contributed by atoms with Crippen LogP contribution < -0.4 is 10.1 Å². The maximum atomic E-state index is 11.5. The molecule has 0 radical (unpaired) electrons. The average Bonchev–Trinajstić information content (AvgIpc) is 3.30. The second-order valence-electron chi connectivity index (χ2n) is 7.01. The van der Waals surface area contributed by atoms with Crippen LogP contribution >= 0.6 is 12.4 Å². The Morgan fingerprint density at radius 1 is 1.19 bits per heavy atom. The van der Waals surface area contributed by atoms with Gasteiger partial charge in [-0.15, -0.1) is 12.4 Å². The lowest BCUT2D eigenvalue weighted by atomic mass is 10.1. The molecule has 2 aliphatic rings. The maximum absolute atomic E-state index is 11.5. The van der Waals surface area contributed by atoms with Crippen LogP contribution in [0.15, 0.2) is 48.5 Å². The predicted molar refractivity (Wildman–Crippen MR) is 106 cm³/mol. The Morgan fingerprint density at radius 3 is 2.63 bits per heavy atom. The van der Waals surface area contributed by atoms with Crippen molar-refractivity contribution in [3.8, 4) is 5.75 Å². The van der Waals surface area contributed by atoms with E-state index in [1.165, 1.54) is 19.1 Å². The number of carbonyl (C=O) groups is 1. The number of halogens is 1. The average molecular weight is 389 g/mol. The van der Waals surface area contributed by atoms with Gasteiger partial charge >= 0.3 is 5.97 Å². The second-order valence-corrected chi connectivity index (χ2v) is 7.01. The number of benzene rings is 2. The fourth-order valence-corrected chi connectivity index (χ4v) is 3.85. The van der Waals surface area contributed by atoms with Gasteiger partial charge in [0.25, 0.3) is 0 Å². The third-order valence-electron chi connectivity index (χ3n) is 5.29. The lowest BCUT2D eigenvalue weighted by molar-refractivity contribution is 0.0600. The van der Waals surface area contributed by atoms with Gasteiger partial charge in [-0.2, -0.15) is 0 Å². The van der Waals surface area contributed by atoms with Crippen LogP contribution in [0.4, 0.5) is 0 Å². The first-order chi connectivity index (χ1) is 12.7. The van der Waals surface area contributed by atoms with E-state index in [0.29, 0.717) is 24.3 Å². The Kier molecular flexibility index (Phi) is 6.37. The van der Waals surface area contributed by atoms with Crippen LogP contribution in [0, 0.1) is 0 Å². The maximum Gasteiger partial charge on any atom is 0.337 e. The number of methoxy groups -OCH3 is 1. The summed E-state index contributed by atoms with van der Waals surface area (Å²) in [4.78, 5) is 14.1. The third-order valence-corrected chi connectivity index (χ3v) is 5.29. The number of esters is 1. The van der Waals surface area contributed by atoms with E-state index in [2.05, 4.69) is 22.3 Å². The van der Waals surface area contributed by atoms with Crippen molar-refractivity contribution in [1.29, 1.82) is 0 Å². The SMILES string of the molecule is COC(=O)c1ccc(COc2ccccc2CN2CC3CC2CN3)cc1.Cl. The van der Waals surface area contributed by atoms with Crippen molar-refractivity contribution >= 4 is 18.4 Å².